The second-order valence-electron chi connectivity index (χ2n) is 4.94. The Bertz CT molecular complexity index is 418. The molecule has 1 saturated heterocycles. The maximum atomic E-state index is 12.2. The van der Waals surface area contributed by atoms with Crippen LogP contribution in [-0.4, -0.2) is 48.2 Å². The fraction of sp³-hybridized carbons (Fsp3) is 0.600. The summed E-state index contributed by atoms with van der Waals surface area (Å²) in [4.78, 5) is 25.5. The van der Waals surface area contributed by atoms with Crippen LogP contribution in [0.2, 0.25) is 0 Å². The lowest BCUT2D eigenvalue weighted by atomic mass is 10.0. The highest BCUT2D eigenvalue weighted by Gasteiger charge is 2.25. The summed E-state index contributed by atoms with van der Waals surface area (Å²) >= 11 is 0. The zero-order chi connectivity index (χ0) is 15.1. The SMILES string of the molecule is C/C=C(C(=O)O)\C(=C/CC)C(=O)OC1CCN(C)CC1. The van der Waals surface area contributed by atoms with Crippen molar-refractivity contribution in [3.8, 4) is 0 Å². The largest absolute Gasteiger partial charge is 0.478 e. The molecule has 1 rings (SSSR count). The van der Waals surface area contributed by atoms with Gasteiger partial charge in [0.1, 0.15) is 6.10 Å². The summed E-state index contributed by atoms with van der Waals surface area (Å²) in [6, 6.07) is 0. The van der Waals surface area contributed by atoms with Gasteiger partial charge in [-0.1, -0.05) is 19.1 Å². The maximum absolute atomic E-state index is 12.2. The third-order valence-corrected chi connectivity index (χ3v) is 3.38. The Morgan fingerprint density at radius 3 is 2.35 bits per heavy atom. The van der Waals surface area contributed by atoms with Crippen LogP contribution in [0.5, 0.6) is 0 Å². The van der Waals surface area contributed by atoms with Gasteiger partial charge in [-0.2, -0.15) is 0 Å². The minimum absolute atomic E-state index is 0.00442. The summed E-state index contributed by atoms with van der Waals surface area (Å²) in [5.41, 5.74) is 0.159. The minimum atomic E-state index is -1.10. The van der Waals surface area contributed by atoms with Crippen molar-refractivity contribution in [2.75, 3.05) is 20.1 Å². The van der Waals surface area contributed by atoms with Gasteiger partial charge < -0.3 is 14.7 Å². The zero-order valence-electron chi connectivity index (χ0n) is 12.4. The summed E-state index contributed by atoms with van der Waals surface area (Å²) in [6.45, 7) is 5.24. The summed E-state index contributed by atoms with van der Waals surface area (Å²) in [5, 5.41) is 9.14. The van der Waals surface area contributed by atoms with Crippen LogP contribution in [0.3, 0.4) is 0 Å². The highest BCUT2D eigenvalue weighted by Crippen LogP contribution is 2.18. The highest BCUT2D eigenvalue weighted by atomic mass is 16.5. The Morgan fingerprint density at radius 2 is 1.90 bits per heavy atom. The number of ether oxygens (including phenoxy) is 1. The fourth-order valence-corrected chi connectivity index (χ4v) is 2.22. The maximum Gasteiger partial charge on any atom is 0.338 e. The molecule has 1 fully saturated rings. The molecule has 1 N–H and O–H groups in total. The number of nitrogens with zero attached hydrogens (tertiary/aromatic N) is 1. The first-order valence-electron chi connectivity index (χ1n) is 6.99. The van der Waals surface area contributed by atoms with Gasteiger partial charge in [0.25, 0.3) is 0 Å². The molecule has 0 aromatic carbocycles. The normalized spacial score (nSPS) is 18.9. The van der Waals surface area contributed by atoms with Crippen LogP contribution in [-0.2, 0) is 14.3 Å². The average molecular weight is 281 g/mol. The number of hydrogen-bond donors (Lipinski definition) is 1. The smallest absolute Gasteiger partial charge is 0.338 e. The van der Waals surface area contributed by atoms with E-state index in [9.17, 15) is 9.59 Å². The monoisotopic (exact) mass is 281 g/mol. The Balaban J connectivity index is 2.75. The molecule has 0 bridgehead atoms. The Hall–Kier alpha value is -1.62. The van der Waals surface area contributed by atoms with E-state index in [4.69, 9.17) is 9.84 Å². The lowest BCUT2D eigenvalue weighted by Gasteiger charge is -2.28. The Labute approximate surface area is 119 Å². The molecule has 0 atom stereocenters. The molecule has 20 heavy (non-hydrogen) atoms. The van der Waals surface area contributed by atoms with Gasteiger partial charge in [0, 0.05) is 13.1 Å². The van der Waals surface area contributed by atoms with Gasteiger partial charge in [-0.25, -0.2) is 9.59 Å². The van der Waals surface area contributed by atoms with Crippen LogP contribution < -0.4 is 0 Å². The average Bonchev–Trinajstić information content (AvgIpc) is 2.41. The third kappa shape index (κ3) is 4.49. The van der Waals surface area contributed by atoms with E-state index in [-0.39, 0.29) is 17.3 Å². The van der Waals surface area contributed by atoms with E-state index >= 15 is 0 Å². The quantitative estimate of drug-likeness (QED) is 0.474. The van der Waals surface area contributed by atoms with Crippen LogP contribution in [0.1, 0.15) is 33.1 Å². The van der Waals surface area contributed by atoms with Gasteiger partial charge in [-0.3, -0.25) is 0 Å². The number of likely N-dealkylation sites (tertiary alicyclic amines) is 1. The molecule has 0 aliphatic carbocycles. The minimum Gasteiger partial charge on any atom is -0.478 e. The van der Waals surface area contributed by atoms with Gasteiger partial charge in [0.2, 0.25) is 0 Å². The van der Waals surface area contributed by atoms with E-state index in [1.807, 2.05) is 14.0 Å². The van der Waals surface area contributed by atoms with Crippen LogP contribution in [0.4, 0.5) is 0 Å². The molecule has 0 radical (unpaired) electrons. The van der Waals surface area contributed by atoms with Gasteiger partial charge >= 0.3 is 11.9 Å². The van der Waals surface area contributed by atoms with Crippen molar-refractivity contribution in [1.82, 2.24) is 4.90 Å². The molecule has 1 aliphatic rings. The van der Waals surface area contributed by atoms with Crippen molar-refractivity contribution in [2.45, 2.75) is 39.2 Å². The molecular weight excluding hydrogens is 258 g/mol. The number of rotatable bonds is 5. The molecule has 5 heteroatoms. The van der Waals surface area contributed by atoms with Gasteiger partial charge in [0.05, 0.1) is 11.1 Å². The molecule has 0 spiro atoms. The molecule has 1 heterocycles. The van der Waals surface area contributed by atoms with Crippen LogP contribution in [0.25, 0.3) is 0 Å². The van der Waals surface area contributed by atoms with Gasteiger partial charge in [-0.05, 0) is 33.2 Å². The number of esters is 1. The first kappa shape index (κ1) is 16.4. The van der Waals surface area contributed by atoms with E-state index in [2.05, 4.69) is 4.90 Å². The lowest BCUT2D eigenvalue weighted by molar-refractivity contribution is -0.147. The van der Waals surface area contributed by atoms with Gasteiger partial charge in [-0.15, -0.1) is 0 Å². The molecule has 0 aromatic rings. The highest BCUT2D eigenvalue weighted by molar-refractivity contribution is 6.06. The molecule has 0 aromatic heterocycles. The number of allylic oxidation sites excluding steroid dienone is 2. The summed E-state index contributed by atoms with van der Waals surface area (Å²) < 4.78 is 5.45. The molecular formula is C15H23NO4. The predicted molar refractivity (Wildman–Crippen MR) is 76.4 cm³/mol. The summed E-state index contributed by atoms with van der Waals surface area (Å²) in [6.07, 6.45) is 5.09. The second kappa shape index (κ2) is 7.85. The van der Waals surface area contributed by atoms with Crippen molar-refractivity contribution >= 4 is 11.9 Å². The van der Waals surface area contributed by atoms with E-state index in [1.54, 1.807) is 13.0 Å². The van der Waals surface area contributed by atoms with Crippen molar-refractivity contribution < 1.29 is 19.4 Å². The molecule has 0 saturated carbocycles. The van der Waals surface area contributed by atoms with Crippen molar-refractivity contribution in [3.05, 3.63) is 23.3 Å². The summed E-state index contributed by atoms with van der Waals surface area (Å²) in [7, 11) is 2.03. The number of carboxylic acids is 1. The van der Waals surface area contributed by atoms with E-state index < -0.39 is 11.9 Å². The van der Waals surface area contributed by atoms with E-state index in [0.29, 0.717) is 6.42 Å². The topological polar surface area (TPSA) is 66.8 Å². The van der Waals surface area contributed by atoms with Crippen LogP contribution >= 0.6 is 0 Å². The zero-order valence-corrected chi connectivity index (χ0v) is 12.4. The number of carbonyl (C=O) groups is 2. The predicted octanol–water partition coefficient (Wildman–Crippen LogP) is 1.99. The van der Waals surface area contributed by atoms with Crippen molar-refractivity contribution in [1.29, 1.82) is 0 Å². The standard InChI is InChI=1S/C15H23NO4/c1-4-6-13(12(5-2)14(17)18)15(19)20-11-7-9-16(3)10-8-11/h5-6,11H,4,7-10H2,1-3H3,(H,17,18)/b12-5+,13-6+. The summed E-state index contributed by atoms with van der Waals surface area (Å²) in [5.74, 6) is -1.63. The first-order chi connectivity index (χ1) is 9.49. The second-order valence-corrected chi connectivity index (χ2v) is 4.94. The number of hydrogen-bond acceptors (Lipinski definition) is 4. The Morgan fingerprint density at radius 1 is 1.30 bits per heavy atom. The van der Waals surface area contributed by atoms with E-state index in [1.165, 1.54) is 6.08 Å². The van der Waals surface area contributed by atoms with Crippen molar-refractivity contribution in [3.63, 3.8) is 0 Å². The lowest BCUT2D eigenvalue weighted by Crippen LogP contribution is -2.35. The van der Waals surface area contributed by atoms with E-state index in [0.717, 1.165) is 25.9 Å². The number of piperidine rings is 1. The van der Waals surface area contributed by atoms with Crippen LogP contribution in [0.15, 0.2) is 23.3 Å². The van der Waals surface area contributed by atoms with Crippen molar-refractivity contribution in [2.24, 2.45) is 0 Å². The number of aliphatic carboxylic acids is 1. The molecule has 1 aliphatic heterocycles. The molecule has 5 nitrogen and oxygen atoms in total. The molecule has 0 unspecified atom stereocenters. The molecule has 112 valence electrons. The first-order valence-corrected chi connectivity index (χ1v) is 6.99. The number of carbonyl (C=O) groups excluding carboxylic acids is 1. The Kier molecular flexibility index (Phi) is 6.45. The van der Waals surface area contributed by atoms with Crippen LogP contribution in [0, 0.1) is 0 Å². The van der Waals surface area contributed by atoms with Gasteiger partial charge in [0.15, 0.2) is 0 Å². The molecule has 0 amide bonds. The fourth-order valence-electron chi connectivity index (χ4n) is 2.22. The third-order valence-electron chi connectivity index (χ3n) is 3.38. The number of carboxylic acid groups (broad SMARTS) is 1.